The fourth-order valence-electron chi connectivity index (χ4n) is 3.09. The van der Waals surface area contributed by atoms with E-state index in [1.807, 2.05) is 0 Å². The Balaban J connectivity index is 1.86. The summed E-state index contributed by atoms with van der Waals surface area (Å²) in [6.07, 6.45) is 7.61. The molecule has 1 heterocycles. The van der Waals surface area contributed by atoms with Gasteiger partial charge in [0, 0.05) is 13.1 Å². The highest BCUT2D eigenvalue weighted by atomic mass is 16.3. The number of nitrogens with zero attached hydrogens (tertiary/aromatic N) is 2. The zero-order valence-corrected chi connectivity index (χ0v) is 9.99. The van der Waals surface area contributed by atoms with E-state index in [1.165, 1.54) is 6.42 Å². The molecular weight excluding hydrogens is 200 g/mol. The standard InChI is InChI=1S/C13H22N2O/c14-9-12-5-4-8-15(10-12)11-13(16)6-2-1-3-7-13/h12,16H,1-8,10-11H2. The number of piperidine rings is 1. The van der Waals surface area contributed by atoms with E-state index in [0.717, 1.165) is 58.2 Å². The molecule has 1 atom stereocenters. The Morgan fingerprint density at radius 2 is 2.00 bits per heavy atom. The molecule has 0 bridgehead atoms. The van der Waals surface area contributed by atoms with Crippen molar-refractivity contribution < 1.29 is 5.11 Å². The van der Waals surface area contributed by atoms with Crippen molar-refractivity contribution >= 4 is 0 Å². The van der Waals surface area contributed by atoms with Crippen molar-refractivity contribution in [3.8, 4) is 6.07 Å². The third-order valence-electron chi connectivity index (χ3n) is 3.99. The molecule has 2 rings (SSSR count). The quantitative estimate of drug-likeness (QED) is 0.776. The number of likely N-dealkylation sites (tertiary alicyclic amines) is 1. The van der Waals surface area contributed by atoms with Gasteiger partial charge < -0.3 is 5.11 Å². The van der Waals surface area contributed by atoms with E-state index < -0.39 is 5.60 Å². The second kappa shape index (κ2) is 5.16. The second-order valence-corrected chi connectivity index (χ2v) is 5.49. The molecule has 1 unspecified atom stereocenters. The average molecular weight is 222 g/mol. The van der Waals surface area contributed by atoms with E-state index >= 15 is 0 Å². The Hall–Kier alpha value is -0.590. The molecule has 2 fully saturated rings. The number of aliphatic hydroxyl groups is 1. The molecule has 3 heteroatoms. The number of hydrogen-bond acceptors (Lipinski definition) is 3. The van der Waals surface area contributed by atoms with Crippen LogP contribution in [0.1, 0.15) is 44.9 Å². The Kier molecular flexibility index (Phi) is 3.83. The predicted octanol–water partition coefficient (Wildman–Crippen LogP) is 1.92. The summed E-state index contributed by atoms with van der Waals surface area (Å²) in [5.41, 5.74) is -0.463. The Morgan fingerprint density at radius 3 is 2.69 bits per heavy atom. The third-order valence-corrected chi connectivity index (χ3v) is 3.99. The van der Waals surface area contributed by atoms with Gasteiger partial charge in [0.15, 0.2) is 0 Å². The van der Waals surface area contributed by atoms with Gasteiger partial charge in [-0.2, -0.15) is 5.26 Å². The Bertz CT molecular complexity index is 266. The van der Waals surface area contributed by atoms with Gasteiger partial charge in [0.2, 0.25) is 0 Å². The maximum atomic E-state index is 10.5. The van der Waals surface area contributed by atoms with Crippen LogP contribution in [0, 0.1) is 17.2 Å². The zero-order chi connectivity index (χ0) is 11.4. The molecule has 3 nitrogen and oxygen atoms in total. The van der Waals surface area contributed by atoms with Crippen LogP contribution in [0.2, 0.25) is 0 Å². The summed E-state index contributed by atoms with van der Waals surface area (Å²) in [7, 11) is 0. The zero-order valence-electron chi connectivity index (χ0n) is 9.99. The van der Waals surface area contributed by atoms with Gasteiger partial charge in [0.25, 0.3) is 0 Å². The van der Waals surface area contributed by atoms with Gasteiger partial charge in [-0.05, 0) is 32.2 Å². The molecule has 90 valence electrons. The maximum absolute atomic E-state index is 10.5. The van der Waals surface area contributed by atoms with Crippen LogP contribution >= 0.6 is 0 Å². The molecule has 0 radical (unpaired) electrons. The van der Waals surface area contributed by atoms with E-state index in [4.69, 9.17) is 5.26 Å². The summed E-state index contributed by atoms with van der Waals surface area (Å²) >= 11 is 0. The van der Waals surface area contributed by atoms with Crippen LogP contribution in [-0.2, 0) is 0 Å². The van der Waals surface area contributed by atoms with Gasteiger partial charge in [0.1, 0.15) is 0 Å². The molecule has 1 N–H and O–H groups in total. The van der Waals surface area contributed by atoms with Crippen LogP contribution in [0.3, 0.4) is 0 Å². The SMILES string of the molecule is N#CC1CCCN(CC2(O)CCCCC2)C1. The minimum Gasteiger partial charge on any atom is -0.389 e. The minimum absolute atomic E-state index is 0.181. The molecule has 1 aliphatic carbocycles. The van der Waals surface area contributed by atoms with Gasteiger partial charge in [-0.25, -0.2) is 0 Å². The van der Waals surface area contributed by atoms with E-state index in [9.17, 15) is 5.11 Å². The van der Waals surface area contributed by atoms with E-state index in [-0.39, 0.29) is 5.92 Å². The van der Waals surface area contributed by atoms with E-state index in [0.29, 0.717) is 0 Å². The number of β-amino-alcohol motifs (C(OH)–C–C–N with tert-alkyl or cyclic N) is 1. The third kappa shape index (κ3) is 2.96. The van der Waals surface area contributed by atoms with Crippen molar-refractivity contribution in [2.45, 2.75) is 50.5 Å². The first kappa shape index (κ1) is 11.9. The van der Waals surface area contributed by atoms with Crippen molar-refractivity contribution in [3.63, 3.8) is 0 Å². The summed E-state index contributed by atoms with van der Waals surface area (Å²) in [5.74, 6) is 0.181. The molecule has 1 saturated heterocycles. The smallest absolute Gasteiger partial charge is 0.0774 e. The van der Waals surface area contributed by atoms with Crippen LogP contribution in [0.25, 0.3) is 0 Å². The monoisotopic (exact) mass is 222 g/mol. The highest BCUT2D eigenvalue weighted by molar-refractivity contribution is 4.92. The van der Waals surface area contributed by atoms with Crippen molar-refractivity contribution in [3.05, 3.63) is 0 Å². The lowest BCUT2D eigenvalue weighted by atomic mass is 9.84. The largest absolute Gasteiger partial charge is 0.389 e. The molecule has 0 aromatic rings. The normalized spacial score (nSPS) is 30.9. The predicted molar refractivity (Wildman–Crippen MR) is 62.8 cm³/mol. The molecule has 0 aromatic carbocycles. The summed E-state index contributed by atoms with van der Waals surface area (Å²) in [5, 5.41) is 19.4. The summed E-state index contributed by atoms with van der Waals surface area (Å²) < 4.78 is 0. The van der Waals surface area contributed by atoms with Crippen LogP contribution in [0.5, 0.6) is 0 Å². The maximum Gasteiger partial charge on any atom is 0.0774 e. The highest BCUT2D eigenvalue weighted by Gasteiger charge is 2.32. The van der Waals surface area contributed by atoms with Crippen molar-refractivity contribution in [1.29, 1.82) is 5.26 Å². The Morgan fingerprint density at radius 1 is 1.25 bits per heavy atom. The highest BCUT2D eigenvalue weighted by Crippen LogP contribution is 2.30. The molecule has 0 aromatic heterocycles. The van der Waals surface area contributed by atoms with Crippen molar-refractivity contribution in [2.75, 3.05) is 19.6 Å². The molecule has 1 aliphatic heterocycles. The lowest BCUT2D eigenvalue weighted by Crippen LogP contribution is -2.47. The molecule has 0 spiro atoms. The summed E-state index contributed by atoms with van der Waals surface area (Å²) in [4.78, 5) is 2.29. The van der Waals surface area contributed by atoms with Gasteiger partial charge in [-0.1, -0.05) is 19.3 Å². The first-order valence-corrected chi connectivity index (χ1v) is 6.56. The second-order valence-electron chi connectivity index (χ2n) is 5.49. The topological polar surface area (TPSA) is 47.3 Å². The van der Waals surface area contributed by atoms with Crippen LogP contribution in [0.15, 0.2) is 0 Å². The van der Waals surface area contributed by atoms with Crippen LogP contribution in [0.4, 0.5) is 0 Å². The average Bonchev–Trinajstić information content (AvgIpc) is 2.29. The molecule has 0 amide bonds. The lowest BCUT2D eigenvalue weighted by Gasteiger charge is -2.39. The fraction of sp³-hybridized carbons (Fsp3) is 0.923. The van der Waals surface area contributed by atoms with Gasteiger partial charge in [0.05, 0.1) is 17.6 Å². The van der Waals surface area contributed by atoms with Crippen LogP contribution < -0.4 is 0 Å². The van der Waals surface area contributed by atoms with E-state index in [2.05, 4.69) is 11.0 Å². The first-order valence-electron chi connectivity index (χ1n) is 6.56. The number of hydrogen-bond donors (Lipinski definition) is 1. The molecule has 16 heavy (non-hydrogen) atoms. The van der Waals surface area contributed by atoms with E-state index in [1.54, 1.807) is 0 Å². The molecular formula is C13H22N2O. The van der Waals surface area contributed by atoms with Crippen molar-refractivity contribution in [1.82, 2.24) is 4.90 Å². The van der Waals surface area contributed by atoms with Crippen LogP contribution in [-0.4, -0.2) is 35.2 Å². The van der Waals surface area contributed by atoms with Crippen molar-refractivity contribution in [2.24, 2.45) is 5.92 Å². The molecule has 1 saturated carbocycles. The summed E-state index contributed by atoms with van der Waals surface area (Å²) in [6, 6.07) is 2.36. The fourth-order valence-corrected chi connectivity index (χ4v) is 3.09. The van der Waals surface area contributed by atoms with Gasteiger partial charge >= 0.3 is 0 Å². The molecule has 2 aliphatic rings. The van der Waals surface area contributed by atoms with Gasteiger partial charge in [-0.3, -0.25) is 4.90 Å². The number of nitriles is 1. The first-order chi connectivity index (χ1) is 7.72. The summed E-state index contributed by atoms with van der Waals surface area (Å²) in [6.45, 7) is 2.70. The Labute approximate surface area is 98.1 Å². The minimum atomic E-state index is -0.463. The lowest BCUT2D eigenvalue weighted by molar-refractivity contribution is -0.0322. The van der Waals surface area contributed by atoms with Gasteiger partial charge in [-0.15, -0.1) is 0 Å². The number of rotatable bonds is 2.